The third-order valence-corrected chi connectivity index (χ3v) is 4.58. The topological polar surface area (TPSA) is 35.5 Å². The van der Waals surface area contributed by atoms with E-state index in [0.717, 1.165) is 26.1 Å². The molecule has 0 amide bonds. The first-order chi connectivity index (χ1) is 8.54. The Kier molecular flexibility index (Phi) is 5.35. The Labute approximate surface area is 121 Å². The van der Waals surface area contributed by atoms with Crippen LogP contribution in [0, 0.1) is 5.41 Å². The van der Waals surface area contributed by atoms with Gasteiger partial charge in [0.25, 0.3) is 0 Å². The second-order valence-corrected chi connectivity index (χ2v) is 9.63. The highest BCUT2D eigenvalue weighted by molar-refractivity contribution is 8.02. The smallest absolute Gasteiger partial charge is 0.311 e. The Morgan fingerprint density at radius 2 is 1.68 bits per heavy atom. The summed E-state index contributed by atoms with van der Waals surface area (Å²) < 4.78 is 11.2. The van der Waals surface area contributed by atoms with Crippen molar-refractivity contribution in [2.75, 3.05) is 19.8 Å². The Bertz CT molecular complexity index is 306. The molecule has 0 aromatic carbocycles. The number of esters is 1. The van der Waals surface area contributed by atoms with Gasteiger partial charge in [-0.15, -0.1) is 11.8 Å². The summed E-state index contributed by atoms with van der Waals surface area (Å²) in [6, 6.07) is 0. The van der Waals surface area contributed by atoms with E-state index < -0.39 is 5.41 Å². The third kappa shape index (κ3) is 5.74. The highest BCUT2D eigenvalue weighted by atomic mass is 32.2. The van der Waals surface area contributed by atoms with Gasteiger partial charge in [-0.25, -0.2) is 0 Å². The monoisotopic (exact) mass is 288 g/mol. The zero-order valence-electron chi connectivity index (χ0n) is 13.2. The second-order valence-electron chi connectivity index (χ2n) is 7.34. The third-order valence-electron chi connectivity index (χ3n) is 3.01. The maximum atomic E-state index is 12.0. The highest BCUT2D eigenvalue weighted by Gasteiger charge is 2.39. The predicted molar refractivity (Wildman–Crippen MR) is 80.5 cm³/mol. The lowest BCUT2D eigenvalue weighted by atomic mass is 9.96. The fourth-order valence-electron chi connectivity index (χ4n) is 2.08. The minimum Gasteiger partial charge on any atom is -0.464 e. The second kappa shape index (κ2) is 6.04. The van der Waals surface area contributed by atoms with Gasteiger partial charge in [0.1, 0.15) is 6.61 Å². The maximum absolute atomic E-state index is 12.0. The minimum atomic E-state index is -0.432. The van der Waals surface area contributed by atoms with Crippen LogP contribution in [0.3, 0.4) is 0 Å². The summed E-state index contributed by atoms with van der Waals surface area (Å²) >= 11 is 1.92. The number of carbonyl (C=O) groups excluding carboxylic acids is 1. The molecule has 1 fully saturated rings. The summed E-state index contributed by atoms with van der Waals surface area (Å²) in [5.41, 5.74) is -0.432. The van der Waals surface area contributed by atoms with E-state index >= 15 is 0 Å². The van der Waals surface area contributed by atoms with E-state index in [0.29, 0.717) is 6.61 Å². The van der Waals surface area contributed by atoms with E-state index in [1.807, 2.05) is 32.5 Å². The first-order valence-electron chi connectivity index (χ1n) is 6.99. The molecule has 1 aliphatic heterocycles. The fourth-order valence-corrected chi connectivity index (χ4v) is 3.87. The number of thioether (sulfide) groups is 1. The van der Waals surface area contributed by atoms with Crippen LogP contribution < -0.4 is 0 Å². The molecule has 0 radical (unpaired) electrons. The zero-order chi connectivity index (χ0) is 14.7. The molecular weight excluding hydrogens is 260 g/mol. The molecule has 3 nitrogen and oxygen atoms in total. The zero-order valence-corrected chi connectivity index (χ0v) is 14.0. The van der Waals surface area contributed by atoms with Crippen molar-refractivity contribution in [3.8, 4) is 0 Å². The average Bonchev–Trinajstić information content (AvgIpc) is 2.23. The lowest BCUT2D eigenvalue weighted by Gasteiger charge is -2.40. The van der Waals surface area contributed by atoms with Crippen LogP contribution in [0.25, 0.3) is 0 Å². The summed E-state index contributed by atoms with van der Waals surface area (Å²) in [5, 5.41) is 0. The lowest BCUT2D eigenvalue weighted by molar-refractivity contribution is -0.154. The molecule has 1 rings (SSSR count). The van der Waals surface area contributed by atoms with Crippen LogP contribution in [0.4, 0.5) is 0 Å². The number of hydrogen-bond acceptors (Lipinski definition) is 4. The van der Waals surface area contributed by atoms with E-state index in [1.165, 1.54) is 0 Å². The van der Waals surface area contributed by atoms with Gasteiger partial charge >= 0.3 is 5.97 Å². The number of ether oxygens (including phenoxy) is 2. The van der Waals surface area contributed by atoms with Crippen LogP contribution in [-0.2, 0) is 14.3 Å². The molecular formula is C15H28O3S. The summed E-state index contributed by atoms with van der Waals surface area (Å²) in [7, 11) is 0. The normalized spacial score (nSPS) is 20.1. The fraction of sp³-hybridized carbons (Fsp3) is 0.933. The van der Waals surface area contributed by atoms with Crippen molar-refractivity contribution in [3.05, 3.63) is 0 Å². The first kappa shape index (κ1) is 16.8. The lowest BCUT2D eigenvalue weighted by Crippen LogP contribution is -2.42. The molecule has 19 heavy (non-hydrogen) atoms. The quantitative estimate of drug-likeness (QED) is 0.743. The molecule has 0 bridgehead atoms. The van der Waals surface area contributed by atoms with Gasteiger partial charge < -0.3 is 9.47 Å². The van der Waals surface area contributed by atoms with Crippen molar-refractivity contribution in [3.63, 3.8) is 0 Å². The molecule has 0 unspecified atom stereocenters. The van der Waals surface area contributed by atoms with E-state index in [9.17, 15) is 4.79 Å². The number of hydrogen-bond donors (Lipinski definition) is 0. The SMILES string of the molecule is CC(C)(C)SC1(COC(=O)C(C)(C)C)CCOCC1. The molecule has 1 heterocycles. The molecule has 0 aliphatic carbocycles. The molecule has 1 aliphatic rings. The molecule has 4 heteroatoms. The van der Waals surface area contributed by atoms with Gasteiger partial charge in [0.15, 0.2) is 0 Å². The van der Waals surface area contributed by atoms with Gasteiger partial charge in [-0.1, -0.05) is 20.8 Å². The van der Waals surface area contributed by atoms with Crippen LogP contribution in [0.1, 0.15) is 54.4 Å². The van der Waals surface area contributed by atoms with E-state index in [4.69, 9.17) is 9.47 Å². The Morgan fingerprint density at radius 3 is 2.11 bits per heavy atom. The molecule has 0 N–H and O–H groups in total. The largest absolute Gasteiger partial charge is 0.464 e. The van der Waals surface area contributed by atoms with Crippen molar-refractivity contribution in [1.82, 2.24) is 0 Å². The Morgan fingerprint density at radius 1 is 1.16 bits per heavy atom. The van der Waals surface area contributed by atoms with Crippen LogP contribution in [-0.4, -0.2) is 35.3 Å². The molecule has 0 aromatic rings. The summed E-state index contributed by atoms with van der Waals surface area (Å²) in [4.78, 5) is 12.0. The first-order valence-corrected chi connectivity index (χ1v) is 7.81. The van der Waals surface area contributed by atoms with E-state index in [1.54, 1.807) is 0 Å². The van der Waals surface area contributed by atoms with Crippen LogP contribution in [0.15, 0.2) is 0 Å². The number of carbonyl (C=O) groups is 1. The van der Waals surface area contributed by atoms with Gasteiger partial charge in [0.05, 0.1) is 10.2 Å². The van der Waals surface area contributed by atoms with Crippen molar-refractivity contribution in [1.29, 1.82) is 0 Å². The van der Waals surface area contributed by atoms with Gasteiger partial charge in [-0.3, -0.25) is 4.79 Å². The average molecular weight is 288 g/mol. The maximum Gasteiger partial charge on any atom is 0.311 e. The van der Waals surface area contributed by atoms with Gasteiger partial charge in [-0.05, 0) is 33.6 Å². The summed E-state index contributed by atoms with van der Waals surface area (Å²) in [5.74, 6) is -0.118. The van der Waals surface area contributed by atoms with Gasteiger partial charge in [0, 0.05) is 18.0 Å². The minimum absolute atomic E-state index is 0.0113. The van der Waals surface area contributed by atoms with Crippen LogP contribution in [0.2, 0.25) is 0 Å². The molecule has 0 atom stereocenters. The molecule has 0 saturated carbocycles. The van der Waals surface area contributed by atoms with Crippen molar-refractivity contribution < 1.29 is 14.3 Å². The van der Waals surface area contributed by atoms with E-state index in [2.05, 4.69) is 20.8 Å². The van der Waals surface area contributed by atoms with Crippen molar-refractivity contribution in [2.45, 2.75) is 63.9 Å². The standard InChI is InChI=1S/C15H28O3S/c1-13(2,3)12(16)18-11-15(19-14(4,5)6)7-9-17-10-8-15/h7-11H2,1-6H3. The van der Waals surface area contributed by atoms with Crippen molar-refractivity contribution >= 4 is 17.7 Å². The summed E-state index contributed by atoms with van der Waals surface area (Å²) in [6.07, 6.45) is 1.90. The van der Waals surface area contributed by atoms with Crippen LogP contribution in [0.5, 0.6) is 0 Å². The Balaban J connectivity index is 2.67. The Hall–Kier alpha value is -0.220. The molecule has 0 spiro atoms. The van der Waals surface area contributed by atoms with Gasteiger partial charge in [0.2, 0.25) is 0 Å². The van der Waals surface area contributed by atoms with Crippen molar-refractivity contribution in [2.24, 2.45) is 5.41 Å². The molecule has 112 valence electrons. The highest BCUT2D eigenvalue weighted by Crippen LogP contribution is 2.43. The summed E-state index contributed by atoms with van der Waals surface area (Å²) in [6.45, 7) is 14.3. The predicted octanol–water partition coefficient (Wildman–Crippen LogP) is 3.66. The van der Waals surface area contributed by atoms with Gasteiger partial charge in [-0.2, -0.15) is 0 Å². The molecule has 1 saturated heterocycles. The van der Waals surface area contributed by atoms with E-state index in [-0.39, 0.29) is 15.5 Å². The molecule has 0 aromatic heterocycles. The number of rotatable bonds is 3. The van der Waals surface area contributed by atoms with Crippen LogP contribution >= 0.6 is 11.8 Å².